The molecular weight excluding hydrogens is 407 g/mol. The average molecular weight is 433 g/mol. The van der Waals surface area contributed by atoms with Gasteiger partial charge in [0.2, 0.25) is 10.0 Å². The summed E-state index contributed by atoms with van der Waals surface area (Å²) in [5.74, 6) is 0.379. The molecule has 2 saturated heterocycles. The maximum Gasteiger partial charge on any atom is 0.433 e. The van der Waals surface area contributed by atoms with E-state index in [4.69, 9.17) is 4.74 Å². The highest BCUT2D eigenvalue weighted by atomic mass is 32.2. The van der Waals surface area contributed by atoms with Gasteiger partial charge in [-0.15, -0.1) is 0 Å². The van der Waals surface area contributed by atoms with Crippen molar-refractivity contribution in [3.8, 4) is 0 Å². The van der Waals surface area contributed by atoms with Crippen molar-refractivity contribution in [3.05, 3.63) is 23.5 Å². The van der Waals surface area contributed by atoms with Gasteiger partial charge in [-0.25, -0.2) is 13.4 Å². The average Bonchev–Trinajstić information content (AvgIpc) is 3.53. The Labute approximate surface area is 169 Å². The van der Waals surface area contributed by atoms with E-state index in [1.165, 1.54) is 4.31 Å². The quantitative estimate of drug-likeness (QED) is 0.715. The summed E-state index contributed by atoms with van der Waals surface area (Å²) < 4.78 is 72.2. The third-order valence-corrected chi connectivity index (χ3v) is 7.89. The van der Waals surface area contributed by atoms with Gasteiger partial charge >= 0.3 is 6.18 Å². The largest absolute Gasteiger partial charge is 0.433 e. The van der Waals surface area contributed by atoms with Gasteiger partial charge in [0, 0.05) is 51.9 Å². The number of hydrogen-bond donors (Lipinski definition) is 0. The molecule has 29 heavy (non-hydrogen) atoms. The Hall–Kier alpha value is -1.23. The highest BCUT2D eigenvalue weighted by Gasteiger charge is 2.39. The molecule has 2 aliphatic heterocycles. The van der Waals surface area contributed by atoms with Gasteiger partial charge in [-0.3, -0.25) is 0 Å². The Balaban J connectivity index is 1.46. The van der Waals surface area contributed by atoms with E-state index in [-0.39, 0.29) is 16.5 Å². The Morgan fingerprint density at radius 1 is 1.03 bits per heavy atom. The van der Waals surface area contributed by atoms with Gasteiger partial charge in [0.1, 0.15) is 10.6 Å². The molecule has 0 spiro atoms. The zero-order valence-electron chi connectivity index (χ0n) is 16.2. The lowest BCUT2D eigenvalue weighted by Gasteiger charge is -2.36. The number of alkyl halides is 3. The fourth-order valence-electron chi connectivity index (χ4n) is 4.07. The van der Waals surface area contributed by atoms with Crippen molar-refractivity contribution in [3.63, 3.8) is 0 Å². The second-order valence-electron chi connectivity index (χ2n) is 8.11. The summed E-state index contributed by atoms with van der Waals surface area (Å²) >= 11 is 0. The van der Waals surface area contributed by atoms with Crippen molar-refractivity contribution < 1.29 is 26.3 Å². The predicted octanol–water partition coefficient (Wildman–Crippen LogP) is 2.71. The molecule has 4 rings (SSSR count). The number of sulfonamides is 1. The second kappa shape index (κ2) is 8.13. The minimum Gasteiger partial charge on any atom is -0.381 e. The van der Waals surface area contributed by atoms with Crippen LogP contribution in [0.4, 0.5) is 13.2 Å². The van der Waals surface area contributed by atoms with Crippen molar-refractivity contribution in [1.82, 2.24) is 14.2 Å². The first kappa shape index (κ1) is 21.0. The fourth-order valence-corrected chi connectivity index (χ4v) is 5.71. The van der Waals surface area contributed by atoms with E-state index < -0.39 is 21.9 Å². The van der Waals surface area contributed by atoms with E-state index in [0.717, 1.165) is 44.7 Å². The van der Waals surface area contributed by atoms with Crippen LogP contribution in [0.1, 0.15) is 43.0 Å². The molecule has 1 aliphatic carbocycles. The lowest BCUT2D eigenvalue weighted by molar-refractivity contribution is -0.141. The first-order valence-corrected chi connectivity index (χ1v) is 11.6. The molecule has 3 heterocycles. The zero-order valence-corrected chi connectivity index (χ0v) is 17.0. The number of halogens is 3. The third-order valence-electron chi connectivity index (χ3n) is 5.95. The van der Waals surface area contributed by atoms with Crippen molar-refractivity contribution in [2.24, 2.45) is 5.92 Å². The van der Waals surface area contributed by atoms with Crippen LogP contribution in [-0.4, -0.2) is 68.5 Å². The van der Waals surface area contributed by atoms with E-state index in [9.17, 15) is 21.6 Å². The molecule has 0 N–H and O–H groups in total. The van der Waals surface area contributed by atoms with Crippen LogP contribution in [0.2, 0.25) is 0 Å². The lowest BCUT2D eigenvalue weighted by atomic mass is 9.99. The Morgan fingerprint density at radius 3 is 2.28 bits per heavy atom. The van der Waals surface area contributed by atoms with Crippen LogP contribution in [-0.2, 0) is 20.9 Å². The summed E-state index contributed by atoms with van der Waals surface area (Å²) in [6.45, 7) is 4.44. The normalized spacial score (nSPS) is 23.4. The maximum atomic E-state index is 13.2. The molecule has 6 nitrogen and oxygen atoms in total. The number of rotatable bonds is 5. The second-order valence-corrected chi connectivity index (χ2v) is 10.0. The van der Waals surface area contributed by atoms with Gasteiger partial charge in [-0.05, 0) is 43.7 Å². The van der Waals surface area contributed by atoms with E-state index in [0.29, 0.717) is 44.9 Å². The van der Waals surface area contributed by atoms with Crippen LogP contribution in [0.15, 0.2) is 17.0 Å². The van der Waals surface area contributed by atoms with Gasteiger partial charge in [0.25, 0.3) is 0 Å². The van der Waals surface area contributed by atoms with Gasteiger partial charge < -0.3 is 9.64 Å². The smallest absolute Gasteiger partial charge is 0.381 e. The molecule has 0 radical (unpaired) electrons. The minimum atomic E-state index is -4.58. The molecule has 0 amide bonds. The zero-order chi connectivity index (χ0) is 20.6. The number of piperazine rings is 1. The molecule has 0 bridgehead atoms. The summed E-state index contributed by atoms with van der Waals surface area (Å²) in [4.78, 5) is 5.91. The number of ether oxygens (including phenoxy) is 1. The van der Waals surface area contributed by atoms with Crippen LogP contribution in [0, 0.1) is 5.92 Å². The van der Waals surface area contributed by atoms with Crippen molar-refractivity contribution in [2.45, 2.75) is 42.7 Å². The highest BCUT2D eigenvalue weighted by Crippen LogP contribution is 2.43. The number of nitrogens with zero attached hydrogens (tertiary/aromatic N) is 3. The molecule has 1 saturated carbocycles. The number of hydrogen-bond acceptors (Lipinski definition) is 5. The number of aromatic nitrogens is 1. The van der Waals surface area contributed by atoms with Crippen molar-refractivity contribution in [1.29, 1.82) is 0 Å². The minimum absolute atomic E-state index is 0.0640. The summed E-state index contributed by atoms with van der Waals surface area (Å²) in [5.41, 5.74) is -0.955. The van der Waals surface area contributed by atoms with Crippen LogP contribution in [0.5, 0.6) is 0 Å². The van der Waals surface area contributed by atoms with Gasteiger partial charge in [-0.1, -0.05) is 0 Å². The summed E-state index contributed by atoms with van der Waals surface area (Å²) in [6.07, 6.45) is -1.17. The molecule has 0 unspecified atom stereocenters. The van der Waals surface area contributed by atoms with Crippen molar-refractivity contribution >= 4 is 10.0 Å². The molecule has 10 heteroatoms. The number of pyridine rings is 1. The van der Waals surface area contributed by atoms with Crippen LogP contribution >= 0.6 is 0 Å². The first-order valence-electron chi connectivity index (χ1n) is 10.1. The maximum absolute atomic E-state index is 13.2. The molecule has 0 atom stereocenters. The molecule has 3 aliphatic rings. The molecule has 0 aromatic carbocycles. The summed E-state index contributed by atoms with van der Waals surface area (Å²) in [7, 11) is -3.86. The molecule has 1 aromatic rings. The van der Waals surface area contributed by atoms with Gasteiger partial charge in [0.15, 0.2) is 0 Å². The SMILES string of the molecule is O=S(=O)(c1ccc(C(F)(F)F)nc1C1CC1)N1CCN(CC2CCOCC2)CC1. The lowest BCUT2D eigenvalue weighted by Crippen LogP contribution is -2.50. The predicted molar refractivity (Wildman–Crippen MR) is 100.0 cm³/mol. The van der Waals surface area contributed by atoms with E-state index in [1.807, 2.05) is 0 Å². The van der Waals surface area contributed by atoms with Crippen molar-refractivity contribution in [2.75, 3.05) is 45.9 Å². The van der Waals surface area contributed by atoms with E-state index >= 15 is 0 Å². The molecule has 162 valence electrons. The Kier molecular flexibility index (Phi) is 5.89. The monoisotopic (exact) mass is 433 g/mol. The highest BCUT2D eigenvalue weighted by molar-refractivity contribution is 7.89. The first-order chi connectivity index (χ1) is 13.7. The van der Waals surface area contributed by atoms with Crippen LogP contribution in [0.25, 0.3) is 0 Å². The Morgan fingerprint density at radius 2 is 1.69 bits per heavy atom. The molecular formula is C19H26F3N3O3S. The van der Waals surface area contributed by atoms with Crippen LogP contribution < -0.4 is 0 Å². The van der Waals surface area contributed by atoms with Gasteiger partial charge in [-0.2, -0.15) is 17.5 Å². The fraction of sp³-hybridized carbons (Fsp3) is 0.737. The topological polar surface area (TPSA) is 62.7 Å². The molecule has 1 aromatic heterocycles. The van der Waals surface area contributed by atoms with Gasteiger partial charge in [0.05, 0.1) is 5.69 Å². The standard InChI is InChI=1S/C19H26F3N3O3S/c20-19(21,22)17-4-3-16(18(23-17)15-1-2-15)29(26,27)25-9-7-24(8-10-25)13-14-5-11-28-12-6-14/h3-4,14-15H,1-2,5-13H2. The third kappa shape index (κ3) is 4.76. The van der Waals surface area contributed by atoms with Crippen LogP contribution in [0.3, 0.4) is 0 Å². The Bertz CT molecular complexity index is 829. The van der Waals surface area contributed by atoms with E-state index in [1.54, 1.807) is 0 Å². The summed E-state index contributed by atoms with van der Waals surface area (Å²) in [6, 6.07) is 1.87. The summed E-state index contributed by atoms with van der Waals surface area (Å²) in [5, 5.41) is 0. The van der Waals surface area contributed by atoms with E-state index in [2.05, 4.69) is 9.88 Å². The molecule has 3 fully saturated rings.